The van der Waals surface area contributed by atoms with Crippen LogP contribution in [-0.4, -0.2) is 22.4 Å². The quantitative estimate of drug-likeness (QED) is 0.112. The van der Waals surface area contributed by atoms with E-state index >= 15 is 0 Å². The van der Waals surface area contributed by atoms with E-state index in [0.717, 1.165) is 16.1 Å². The first-order chi connectivity index (χ1) is 20.2. The number of hydrogen-bond acceptors (Lipinski definition) is 2. The summed E-state index contributed by atoms with van der Waals surface area (Å²) in [5.41, 5.74) is 13.3. The molecule has 3 aromatic carbocycles. The molecule has 0 saturated carbocycles. The summed E-state index contributed by atoms with van der Waals surface area (Å²) in [6, 6.07) is 25.7. The molecule has 5 rings (SSSR count). The predicted molar refractivity (Wildman–Crippen MR) is 184 cm³/mol. The number of benzene rings is 3. The number of halogens is 5. The average Bonchev–Trinajstić information content (AvgIpc) is 2.98. The Morgan fingerprint density at radius 2 is 0.875 bits per heavy atom. The molecule has 2 heterocycles. The van der Waals surface area contributed by atoms with Gasteiger partial charge in [0.25, 0.3) is 0 Å². The van der Waals surface area contributed by atoms with Gasteiger partial charge in [-0.15, -0.1) is 0 Å². The van der Waals surface area contributed by atoms with Crippen molar-refractivity contribution in [3.05, 3.63) is 117 Å². The van der Waals surface area contributed by atoms with Gasteiger partial charge in [-0.1, -0.05) is 28.1 Å². The normalized spacial score (nSPS) is 10.6. The Morgan fingerprint density at radius 1 is 0.542 bits per heavy atom. The van der Waals surface area contributed by atoms with Crippen molar-refractivity contribution in [2.75, 3.05) is 0 Å². The SMILES string of the molecule is CC=[N+](c1ccccn1)c1c(C)cc(-c2cc(Br)cc(-c3cc(C)c([N+](=CC)c4ccccn4)c(C)c3)c2C)cc1C.[Br-].[Br-].[Br-].[Br-].[Cu+2].[Cu+2]. The van der Waals surface area contributed by atoms with E-state index < -0.39 is 0 Å². The summed E-state index contributed by atoms with van der Waals surface area (Å²) < 4.78 is 5.40. The van der Waals surface area contributed by atoms with Crippen LogP contribution in [0.15, 0.2) is 89.7 Å². The summed E-state index contributed by atoms with van der Waals surface area (Å²) in [5.74, 6) is 1.83. The molecule has 0 atom stereocenters. The third-order valence-electron chi connectivity index (χ3n) is 7.77. The molecule has 2 aromatic heterocycles. The summed E-state index contributed by atoms with van der Waals surface area (Å²) in [5, 5.41) is 0. The molecule has 0 fully saturated rings. The molecule has 0 spiro atoms. The third-order valence-corrected chi connectivity index (χ3v) is 8.22. The molecule has 0 aliphatic heterocycles. The van der Waals surface area contributed by atoms with Crippen molar-refractivity contribution >= 4 is 51.4 Å². The molecule has 0 saturated heterocycles. The van der Waals surface area contributed by atoms with Gasteiger partial charge in [0.2, 0.25) is 0 Å². The Kier molecular flexibility index (Phi) is 22.2. The van der Waals surface area contributed by atoms with Gasteiger partial charge in [-0.25, -0.2) is 9.15 Å². The van der Waals surface area contributed by atoms with Gasteiger partial charge in [0.15, 0.2) is 0 Å². The van der Waals surface area contributed by atoms with Crippen molar-refractivity contribution in [1.82, 2.24) is 19.1 Å². The van der Waals surface area contributed by atoms with E-state index in [0.29, 0.717) is 0 Å². The fourth-order valence-corrected chi connectivity index (χ4v) is 6.46. The Bertz CT molecular complexity index is 1690. The Morgan fingerprint density at radius 3 is 1.15 bits per heavy atom. The second-order valence-electron chi connectivity index (χ2n) is 10.7. The first-order valence-corrected chi connectivity index (χ1v) is 15.1. The zero-order valence-corrected chi connectivity index (χ0v) is 37.3. The number of aryl methyl sites for hydroxylation is 4. The van der Waals surface area contributed by atoms with Crippen LogP contribution in [0.3, 0.4) is 0 Å². The fourth-order valence-electron chi connectivity index (χ4n) is 6.01. The topological polar surface area (TPSA) is 31.8 Å². The van der Waals surface area contributed by atoms with Gasteiger partial charge in [0.05, 0.1) is 12.4 Å². The molecule has 0 amide bonds. The number of nitrogens with zero attached hydrogens (tertiary/aromatic N) is 4. The van der Waals surface area contributed by atoms with Crippen molar-refractivity contribution in [3.8, 4) is 22.3 Å². The van der Waals surface area contributed by atoms with Gasteiger partial charge in [-0.2, -0.15) is 0 Å². The van der Waals surface area contributed by atoms with Crippen LogP contribution >= 0.6 is 15.9 Å². The van der Waals surface area contributed by atoms with Gasteiger partial charge in [0.1, 0.15) is 23.8 Å². The molecule has 4 nitrogen and oxygen atoms in total. The molecule has 260 valence electrons. The van der Waals surface area contributed by atoms with Crippen LogP contribution < -0.4 is 77.1 Å². The van der Waals surface area contributed by atoms with E-state index in [2.05, 4.69) is 132 Å². The number of pyridine rings is 2. The minimum atomic E-state index is 0. The second-order valence-corrected chi connectivity index (χ2v) is 11.6. The van der Waals surface area contributed by atoms with Crippen LogP contribution in [0.25, 0.3) is 22.3 Å². The minimum Gasteiger partial charge on any atom is -1.00 e. The van der Waals surface area contributed by atoms with Gasteiger partial charge in [-0.05, 0) is 157 Å². The van der Waals surface area contributed by atoms with E-state index in [1.807, 2.05) is 48.8 Å². The summed E-state index contributed by atoms with van der Waals surface area (Å²) in [4.78, 5) is 9.19. The monoisotopic (exact) mass is 1060 g/mol. The minimum absolute atomic E-state index is 0. The summed E-state index contributed by atoms with van der Waals surface area (Å²) in [6.45, 7) is 15.1. The zero-order chi connectivity index (χ0) is 30.0. The molecule has 2 radical (unpaired) electrons. The van der Waals surface area contributed by atoms with Crippen molar-refractivity contribution in [3.63, 3.8) is 0 Å². The van der Waals surface area contributed by atoms with Crippen molar-refractivity contribution in [1.29, 1.82) is 0 Å². The summed E-state index contributed by atoms with van der Waals surface area (Å²) in [7, 11) is 0. The maximum atomic E-state index is 4.59. The Balaban J connectivity index is 0. The van der Waals surface area contributed by atoms with Crippen LogP contribution in [0.1, 0.15) is 41.7 Å². The van der Waals surface area contributed by atoms with Crippen LogP contribution in [0.5, 0.6) is 0 Å². The van der Waals surface area contributed by atoms with Gasteiger partial charge < -0.3 is 67.9 Å². The van der Waals surface area contributed by atoms with E-state index in [-0.39, 0.29) is 102 Å². The maximum Gasteiger partial charge on any atom is 2.00 e. The van der Waals surface area contributed by atoms with Gasteiger partial charge in [-0.3, -0.25) is 0 Å². The Labute approximate surface area is 357 Å². The molecular formula is C37H37Br5Cu2N4+2. The molecule has 0 aliphatic carbocycles. The molecule has 11 heteroatoms. The standard InChI is InChI=1S/C37H37BrN4.4BrH.2Cu/c1-8-41(34-14-10-12-16-39-34)36-24(3)18-29(19-25(36)4)32-22-31(38)23-33(28(32)7)30-20-26(5)37(27(6)21-30)42(9-2)35-15-11-13-17-40-35;;;;;;/h8-23H,1-7H3;4*1H;;/q+2;;;;;2*+2/p-4. The molecule has 5 aromatic rings. The van der Waals surface area contributed by atoms with Crippen molar-refractivity contribution in [2.45, 2.75) is 48.5 Å². The molecule has 0 aliphatic rings. The number of aromatic nitrogens is 2. The second kappa shape index (κ2) is 21.8. The van der Waals surface area contributed by atoms with E-state index in [4.69, 9.17) is 0 Å². The van der Waals surface area contributed by atoms with Gasteiger partial charge in [0, 0.05) is 16.6 Å². The molecule has 48 heavy (non-hydrogen) atoms. The van der Waals surface area contributed by atoms with Crippen LogP contribution in [0.2, 0.25) is 0 Å². The summed E-state index contributed by atoms with van der Waals surface area (Å²) >= 11 is 3.83. The predicted octanol–water partition coefficient (Wildman–Crippen LogP) is -2.02. The molecular weight excluding hydrogens is 1030 g/mol. The van der Waals surface area contributed by atoms with Crippen LogP contribution in [-0.2, 0) is 34.1 Å². The largest absolute Gasteiger partial charge is 2.00 e. The van der Waals surface area contributed by atoms with Crippen LogP contribution in [0.4, 0.5) is 23.0 Å². The molecule has 0 bridgehead atoms. The van der Waals surface area contributed by atoms with E-state index in [1.165, 1.54) is 61.4 Å². The first-order valence-electron chi connectivity index (χ1n) is 14.3. The average molecular weight is 1060 g/mol. The number of rotatable bonds is 6. The van der Waals surface area contributed by atoms with Crippen molar-refractivity contribution in [2.24, 2.45) is 0 Å². The van der Waals surface area contributed by atoms with E-state index in [1.54, 1.807) is 0 Å². The number of hydrogen-bond donors (Lipinski definition) is 0. The van der Waals surface area contributed by atoms with Gasteiger partial charge >= 0.3 is 45.8 Å². The molecule has 0 unspecified atom stereocenters. The summed E-state index contributed by atoms with van der Waals surface area (Å²) in [6.07, 6.45) is 7.84. The Hall–Kier alpha value is -1.26. The first kappa shape index (κ1) is 48.9. The molecule has 0 N–H and O–H groups in total. The van der Waals surface area contributed by atoms with Crippen molar-refractivity contribution < 1.29 is 102 Å². The fraction of sp³-hybridized carbons (Fsp3) is 0.189. The smallest absolute Gasteiger partial charge is 1.00 e. The zero-order valence-electron chi connectivity index (χ0n) is 27.5. The third kappa shape index (κ3) is 10.4. The van der Waals surface area contributed by atoms with Crippen LogP contribution in [0, 0.1) is 34.6 Å². The van der Waals surface area contributed by atoms with E-state index in [9.17, 15) is 0 Å². The maximum absolute atomic E-state index is 4.59.